The zero-order valence-electron chi connectivity index (χ0n) is 32.3. The van der Waals surface area contributed by atoms with E-state index in [1.165, 1.54) is 21.9 Å². The summed E-state index contributed by atoms with van der Waals surface area (Å²) >= 11 is 0. The normalized spacial score (nSPS) is 11.6. The number of fused-ring (bicyclic) bond motifs is 4. The Hall–Kier alpha value is -7.24. The highest BCUT2D eigenvalue weighted by molar-refractivity contribution is 6.11. The molecule has 7 aromatic carbocycles. The molecule has 0 aliphatic carbocycles. The average molecular weight is 737 g/mol. The number of aromatic nitrogens is 4. The number of imidazole rings is 1. The van der Waals surface area contributed by atoms with Gasteiger partial charge in [-0.15, -0.1) is 0 Å². The van der Waals surface area contributed by atoms with Crippen LogP contribution in [0.2, 0.25) is 0 Å². The smallest absolute Gasteiger partial charge is 0.191 e. The number of nitrogens with zero attached hydrogens (tertiary/aromatic N) is 5. The lowest BCUT2D eigenvalue weighted by molar-refractivity contribution is 0.858. The number of anilines is 3. The van der Waals surface area contributed by atoms with Crippen molar-refractivity contribution in [3.63, 3.8) is 0 Å². The van der Waals surface area contributed by atoms with E-state index in [2.05, 4.69) is 228 Å². The number of benzene rings is 7. The highest BCUT2D eigenvalue weighted by Gasteiger charge is 2.25. The van der Waals surface area contributed by atoms with Gasteiger partial charge >= 0.3 is 0 Å². The SMILES string of the molecule is CC(C)c1ccnc(-n2c3ccccc3c3ccc(N(c4cccc(-n5[cH+]n(C)c6ccccc65)c4)c4c(-c5ccccc5)cccc4-c4ccccc4)cc32)c1. The molecule has 10 rings (SSSR count). The largest absolute Gasteiger partial charge is 0.308 e. The molecular weight excluding hydrogens is 695 g/mol. The minimum Gasteiger partial charge on any atom is -0.308 e. The third-order valence-corrected chi connectivity index (χ3v) is 11.2. The van der Waals surface area contributed by atoms with Crippen LogP contribution in [0, 0.1) is 0 Å². The molecule has 274 valence electrons. The van der Waals surface area contributed by atoms with E-state index in [1.807, 2.05) is 6.20 Å². The first kappa shape index (κ1) is 34.3. The van der Waals surface area contributed by atoms with Crippen LogP contribution < -0.4 is 4.90 Å². The Morgan fingerprint density at radius 1 is 0.526 bits per heavy atom. The Morgan fingerprint density at radius 2 is 1.14 bits per heavy atom. The van der Waals surface area contributed by atoms with Crippen molar-refractivity contribution < 1.29 is 0 Å². The van der Waals surface area contributed by atoms with E-state index in [0.29, 0.717) is 5.92 Å². The molecule has 0 unspecified atom stereocenters. The number of rotatable bonds is 8. The van der Waals surface area contributed by atoms with Gasteiger partial charge in [-0.05, 0) is 77.2 Å². The fourth-order valence-corrected chi connectivity index (χ4v) is 8.40. The molecule has 0 aliphatic rings. The first-order chi connectivity index (χ1) is 28.0. The summed E-state index contributed by atoms with van der Waals surface area (Å²) in [6.45, 7) is 4.47. The maximum absolute atomic E-state index is 4.98. The Morgan fingerprint density at radius 3 is 1.86 bits per heavy atom. The third-order valence-electron chi connectivity index (χ3n) is 11.2. The summed E-state index contributed by atoms with van der Waals surface area (Å²) in [7, 11) is 2.11. The average Bonchev–Trinajstić information content (AvgIpc) is 3.79. The topological polar surface area (TPSA) is 30.9 Å². The van der Waals surface area contributed by atoms with Crippen molar-refractivity contribution in [2.24, 2.45) is 7.05 Å². The van der Waals surface area contributed by atoms with Crippen LogP contribution in [0.5, 0.6) is 0 Å². The minimum atomic E-state index is 0.378. The van der Waals surface area contributed by atoms with Gasteiger partial charge in [0.2, 0.25) is 0 Å². The second-order valence-corrected chi connectivity index (χ2v) is 15.0. The second-order valence-electron chi connectivity index (χ2n) is 15.0. The molecule has 5 nitrogen and oxygen atoms in total. The van der Waals surface area contributed by atoms with Gasteiger partial charge in [-0.25, -0.2) is 9.55 Å². The molecule has 0 radical (unpaired) electrons. The van der Waals surface area contributed by atoms with Crippen molar-refractivity contribution in [3.05, 3.63) is 200 Å². The van der Waals surface area contributed by atoms with Crippen molar-refractivity contribution in [2.75, 3.05) is 4.90 Å². The van der Waals surface area contributed by atoms with Gasteiger partial charge in [0.25, 0.3) is 0 Å². The molecule has 0 aliphatic heterocycles. The lowest BCUT2D eigenvalue weighted by Crippen LogP contribution is -2.13. The van der Waals surface area contributed by atoms with E-state index in [1.54, 1.807) is 0 Å². The molecule has 0 saturated heterocycles. The predicted molar refractivity (Wildman–Crippen MR) is 238 cm³/mol. The Bertz CT molecular complexity index is 3010. The van der Waals surface area contributed by atoms with Gasteiger partial charge in [-0.2, -0.15) is 4.57 Å². The monoisotopic (exact) mass is 736 g/mol. The number of hydrogen-bond donors (Lipinski definition) is 0. The molecule has 0 N–H and O–H groups in total. The van der Waals surface area contributed by atoms with Gasteiger partial charge < -0.3 is 4.90 Å². The predicted octanol–water partition coefficient (Wildman–Crippen LogP) is 13.7. The van der Waals surface area contributed by atoms with Crippen molar-refractivity contribution in [3.8, 4) is 33.8 Å². The van der Waals surface area contributed by atoms with Crippen LogP contribution in [0.15, 0.2) is 195 Å². The molecule has 0 atom stereocenters. The Labute approximate surface area is 333 Å². The van der Waals surface area contributed by atoms with E-state index in [0.717, 1.165) is 67.4 Å². The lowest BCUT2D eigenvalue weighted by Gasteiger charge is -2.30. The first-order valence-corrected chi connectivity index (χ1v) is 19.6. The maximum Gasteiger partial charge on any atom is 0.191 e. The summed E-state index contributed by atoms with van der Waals surface area (Å²) in [5, 5.41) is 2.39. The van der Waals surface area contributed by atoms with Crippen LogP contribution >= 0.6 is 0 Å². The van der Waals surface area contributed by atoms with E-state index in [9.17, 15) is 0 Å². The molecule has 10 aromatic rings. The zero-order chi connectivity index (χ0) is 38.5. The highest BCUT2D eigenvalue weighted by atomic mass is 15.2. The van der Waals surface area contributed by atoms with Crippen LogP contribution in [0.3, 0.4) is 0 Å². The van der Waals surface area contributed by atoms with Crippen LogP contribution in [-0.4, -0.2) is 18.7 Å². The summed E-state index contributed by atoms with van der Waals surface area (Å²) in [5.41, 5.74) is 14.7. The van der Waals surface area contributed by atoms with Gasteiger partial charge in [0.05, 0.1) is 22.4 Å². The van der Waals surface area contributed by atoms with E-state index < -0.39 is 0 Å². The summed E-state index contributed by atoms with van der Waals surface area (Å²) in [4.78, 5) is 7.44. The summed E-state index contributed by atoms with van der Waals surface area (Å²) in [5.74, 6) is 1.30. The van der Waals surface area contributed by atoms with Gasteiger partial charge in [-0.1, -0.05) is 117 Å². The Balaban J connectivity index is 1.29. The molecule has 0 spiro atoms. The number of aryl methyl sites for hydroxylation is 1. The van der Waals surface area contributed by atoms with Crippen molar-refractivity contribution >= 4 is 49.9 Å². The molecule has 3 aromatic heterocycles. The number of pyridine rings is 1. The quantitative estimate of drug-likeness (QED) is 0.145. The van der Waals surface area contributed by atoms with E-state index >= 15 is 0 Å². The number of para-hydroxylation sites is 4. The van der Waals surface area contributed by atoms with E-state index in [4.69, 9.17) is 4.98 Å². The third kappa shape index (κ3) is 5.96. The molecule has 57 heavy (non-hydrogen) atoms. The molecule has 5 heteroatoms. The molecule has 0 saturated carbocycles. The highest BCUT2D eigenvalue weighted by Crippen LogP contribution is 2.48. The van der Waals surface area contributed by atoms with Crippen LogP contribution in [0.25, 0.3) is 66.6 Å². The molecule has 0 fully saturated rings. The standard InChI is InChI=1S/C52H42N5/c1-36(2)39-30-31-53-51(32-39)57-47-25-11-10-22-45(47)46-29-28-42(34-50(46)57)56(41-21-14-20-40(33-41)55-35-54(3)48-26-12-13-27-49(48)55)52-43(37-16-6-4-7-17-37)23-15-24-44(52)38-18-8-5-9-19-38/h4-36H,1-3H3/q+1. The maximum atomic E-state index is 4.98. The van der Waals surface area contributed by atoms with Crippen LogP contribution in [0.4, 0.5) is 17.1 Å². The van der Waals surface area contributed by atoms with Crippen LogP contribution in [-0.2, 0) is 7.05 Å². The van der Waals surface area contributed by atoms with Crippen molar-refractivity contribution in [1.82, 2.24) is 18.7 Å². The molecule has 0 bridgehead atoms. The zero-order valence-corrected chi connectivity index (χ0v) is 32.3. The van der Waals surface area contributed by atoms with Gasteiger partial charge in [0, 0.05) is 65.1 Å². The fraction of sp³-hybridized carbons (Fsp3) is 0.0769. The first-order valence-electron chi connectivity index (χ1n) is 19.6. The fourth-order valence-electron chi connectivity index (χ4n) is 8.40. The van der Waals surface area contributed by atoms with Crippen molar-refractivity contribution in [1.29, 1.82) is 0 Å². The number of hydrogen-bond acceptors (Lipinski definition) is 2. The molecule has 3 heterocycles. The molecule has 0 amide bonds. The second kappa shape index (κ2) is 14.1. The summed E-state index contributed by atoms with van der Waals surface area (Å²) in [6.07, 6.45) is 4.12. The van der Waals surface area contributed by atoms with Crippen LogP contribution in [0.1, 0.15) is 25.3 Å². The van der Waals surface area contributed by atoms with E-state index in [-0.39, 0.29) is 0 Å². The van der Waals surface area contributed by atoms with Gasteiger partial charge in [-0.3, -0.25) is 4.57 Å². The Kier molecular flexibility index (Phi) is 8.49. The minimum absolute atomic E-state index is 0.378. The summed E-state index contributed by atoms with van der Waals surface area (Å²) in [6, 6.07) is 65.7. The molecular formula is C52H42N5+. The van der Waals surface area contributed by atoms with Crippen molar-refractivity contribution in [2.45, 2.75) is 19.8 Å². The lowest BCUT2D eigenvalue weighted by atomic mass is 9.94. The van der Waals surface area contributed by atoms with Gasteiger partial charge in [0.1, 0.15) is 11.5 Å². The van der Waals surface area contributed by atoms with Gasteiger partial charge in [0.15, 0.2) is 17.4 Å². The summed E-state index contributed by atoms with van der Waals surface area (Å²) < 4.78 is 6.81.